The van der Waals surface area contributed by atoms with Gasteiger partial charge in [0.25, 0.3) is 5.91 Å². The molecule has 2 nitrogen and oxygen atoms in total. The van der Waals surface area contributed by atoms with E-state index in [0.29, 0.717) is 20.5 Å². The average molecular weight is 368 g/mol. The third-order valence-electron chi connectivity index (χ3n) is 3.12. The quantitative estimate of drug-likeness (QED) is 0.549. The normalized spacial score (nSPS) is 16.5. The Labute approximate surface area is 145 Å². The van der Waals surface area contributed by atoms with Gasteiger partial charge in [-0.25, -0.2) is 8.78 Å². The van der Waals surface area contributed by atoms with Gasteiger partial charge in [-0.1, -0.05) is 47.7 Å². The molecule has 1 saturated heterocycles. The highest BCUT2D eigenvalue weighted by Gasteiger charge is 2.33. The molecule has 7 heteroatoms. The first kappa shape index (κ1) is 16.1. The number of hydrogen-bond acceptors (Lipinski definition) is 3. The number of carbonyl (C=O) groups excluding carboxylic acids is 1. The summed E-state index contributed by atoms with van der Waals surface area (Å²) in [5, 5.41) is -0.0842. The molecule has 1 aliphatic heterocycles. The lowest BCUT2D eigenvalue weighted by atomic mass is 10.2. The van der Waals surface area contributed by atoms with E-state index in [9.17, 15) is 13.6 Å². The lowest BCUT2D eigenvalue weighted by Gasteiger charge is -2.14. The van der Waals surface area contributed by atoms with Gasteiger partial charge in [0.15, 0.2) is 4.32 Å². The van der Waals surface area contributed by atoms with Crippen molar-refractivity contribution in [2.75, 3.05) is 4.90 Å². The Bertz CT molecular complexity index is 836. The van der Waals surface area contributed by atoms with Crippen LogP contribution in [0.1, 0.15) is 5.56 Å². The van der Waals surface area contributed by atoms with Crippen molar-refractivity contribution < 1.29 is 13.6 Å². The smallest absolute Gasteiger partial charge is 0.268 e. The van der Waals surface area contributed by atoms with E-state index in [2.05, 4.69) is 0 Å². The Hall–Kier alpha value is -1.76. The Balaban J connectivity index is 1.93. The summed E-state index contributed by atoms with van der Waals surface area (Å²) < 4.78 is 26.5. The lowest BCUT2D eigenvalue weighted by Crippen LogP contribution is -2.27. The third-order valence-corrected chi connectivity index (χ3v) is 4.71. The molecule has 1 heterocycles. The number of nitrogens with zero attached hydrogens (tertiary/aromatic N) is 1. The highest BCUT2D eigenvalue weighted by atomic mass is 35.5. The fourth-order valence-corrected chi connectivity index (χ4v) is 3.50. The molecule has 0 unspecified atom stereocenters. The zero-order chi connectivity index (χ0) is 16.6. The Kier molecular flexibility index (Phi) is 4.48. The summed E-state index contributed by atoms with van der Waals surface area (Å²) in [5.74, 6) is -1.25. The molecule has 2 aromatic carbocycles. The fourth-order valence-electron chi connectivity index (χ4n) is 2.02. The van der Waals surface area contributed by atoms with Crippen molar-refractivity contribution in [2.24, 2.45) is 0 Å². The second-order valence-electron chi connectivity index (χ2n) is 4.67. The van der Waals surface area contributed by atoms with Gasteiger partial charge in [-0.2, -0.15) is 0 Å². The van der Waals surface area contributed by atoms with Crippen LogP contribution in [0.2, 0.25) is 5.02 Å². The largest absolute Gasteiger partial charge is 0.270 e. The zero-order valence-electron chi connectivity index (χ0n) is 11.4. The SMILES string of the molecule is O=C1/C(=C\c2ccc(F)cc2)SC(=S)N1c1ccc(F)c(Cl)c1. The number of halogens is 3. The maximum atomic E-state index is 13.3. The number of rotatable bonds is 2. The van der Waals surface area contributed by atoms with Crippen LogP contribution in [0, 0.1) is 11.6 Å². The maximum Gasteiger partial charge on any atom is 0.270 e. The Morgan fingerprint density at radius 1 is 1.13 bits per heavy atom. The summed E-state index contributed by atoms with van der Waals surface area (Å²) in [7, 11) is 0. The summed E-state index contributed by atoms with van der Waals surface area (Å²) in [5.41, 5.74) is 1.09. The third kappa shape index (κ3) is 3.29. The van der Waals surface area contributed by atoms with Crippen molar-refractivity contribution in [3.63, 3.8) is 0 Å². The molecule has 0 radical (unpaired) electrons. The van der Waals surface area contributed by atoms with E-state index in [1.54, 1.807) is 18.2 Å². The van der Waals surface area contributed by atoms with E-state index >= 15 is 0 Å². The molecule has 23 heavy (non-hydrogen) atoms. The molecule has 0 aliphatic carbocycles. The van der Waals surface area contributed by atoms with Crippen LogP contribution in [0.15, 0.2) is 47.4 Å². The minimum absolute atomic E-state index is 0.0842. The van der Waals surface area contributed by atoms with Crippen molar-refractivity contribution in [3.05, 3.63) is 69.6 Å². The van der Waals surface area contributed by atoms with Crippen molar-refractivity contribution in [3.8, 4) is 0 Å². The van der Waals surface area contributed by atoms with E-state index in [1.807, 2.05) is 0 Å². The van der Waals surface area contributed by atoms with Crippen LogP contribution in [-0.2, 0) is 4.79 Å². The van der Waals surface area contributed by atoms with Crippen LogP contribution in [0.4, 0.5) is 14.5 Å². The van der Waals surface area contributed by atoms with Crippen LogP contribution < -0.4 is 4.90 Å². The highest BCUT2D eigenvalue weighted by Crippen LogP contribution is 2.37. The minimum atomic E-state index is -0.567. The number of thiocarbonyl (C=S) groups is 1. The lowest BCUT2D eigenvalue weighted by molar-refractivity contribution is -0.113. The van der Waals surface area contributed by atoms with E-state index < -0.39 is 5.82 Å². The average Bonchev–Trinajstić information content (AvgIpc) is 2.79. The molecule has 0 N–H and O–H groups in total. The molecule has 1 fully saturated rings. The topological polar surface area (TPSA) is 20.3 Å². The molecule has 0 saturated carbocycles. The zero-order valence-corrected chi connectivity index (χ0v) is 13.8. The van der Waals surface area contributed by atoms with Gasteiger partial charge in [-0.3, -0.25) is 9.69 Å². The van der Waals surface area contributed by atoms with E-state index in [0.717, 1.165) is 11.8 Å². The first-order valence-electron chi connectivity index (χ1n) is 6.44. The van der Waals surface area contributed by atoms with Crippen LogP contribution >= 0.6 is 35.6 Å². The molecule has 3 rings (SSSR count). The van der Waals surface area contributed by atoms with Crippen molar-refractivity contribution >= 4 is 57.6 Å². The number of thioether (sulfide) groups is 1. The molecular weight excluding hydrogens is 360 g/mol. The summed E-state index contributed by atoms with van der Waals surface area (Å²) >= 11 is 12.1. The maximum absolute atomic E-state index is 13.3. The Morgan fingerprint density at radius 3 is 2.48 bits per heavy atom. The monoisotopic (exact) mass is 367 g/mol. The van der Waals surface area contributed by atoms with Gasteiger partial charge < -0.3 is 0 Å². The molecule has 0 atom stereocenters. The van der Waals surface area contributed by atoms with Crippen LogP contribution in [0.5, 0.6) is 0 Å². The fraction of sp³-hybridized carbons (Fsp3) is 0. The van der Waals surface area contributed by atoms with Gasteiger partial charge in [0, 0.05) is 0 Å². The highest BCUT2D eigenvalue weighted by molar-refractivity contribution is 8.27. The number of hydrogen-bond donors (Lipinski definition) is 0. The Morgan fingerprint density at radius 2 is 1.83 bits per heavy atom. The molecule has 0 bridgehead atoms. The van der Waals surface area contributed by atoms with E-state index in [-0.39, 0.29) is 16.7 Å². The van der Waals surface area contributed by atoms with Gasteiger partial charge in [0.05, 0.1) is 15.6 Å². The summed E-state index contributed by atoms with van der Waals surface area (Å²) in [4.78, 5) is 14.2. The molecule has 0 aromatic heterocycles. The number of anilines is 1. The molecule has 1 aliphatic rings. The van der Waals surface area contributed by atoms with E-state index in [1.165, 1.54) is 35.2 Å². The molecule has 116 valence electrons. The number of carbonyl (C=O) groups is 1. The van der Waals surface area contributed by atoms with Crippen molar-refractivity contribution in [1.82, 2.24) is 0 Å². The number of benzene rings is 2. The predicted molar refractivity (Wildman–Crippen MR) is 93.5 cm³/mol. The van der Waals surface area contributed by atoms with Crippen molar-refractivity contribution in [2.45, 2.75) is 0 Å². The standard InChI is InChI=1S/C16H8ClF2NOS2/c17-12-8-11(5-6-13(12)19)20-15(21)14(23-16(20)22)7-9-1-3-10(18)4-2-9/h1-8H/b14-7+. The molecule has 2 aromatic rings. The predicted octanol–water partition coefficient (Wildman–Crippen LogP) is 5.02. The van der Waals surface area contributed by atoms with Crippen LogP contribution in [0.3, 0.4) is 0 Å². The number of amides is 1. The van der Waals surface area contributed by atoms with Crippen LogP contribution in [0.25, 0.3) is 6.08 Å². The molecular formula is C16H8ClF2NOS2. The van der Waals surface area contributed by atoms with Gasteiger partial charge in [-0.05, 0) is 42.0 Å². The van der Waals surface area contributed by atoms with E-state index in [4.69, 9.17) is 23.8 Å². The van der Waals surface area contributed by atoms with Gasteiger partial charge in [0.1, 0.15) is 11.6 Å². The second kappa shape index (κ2) is 6.39. The summed E-state index contributed by atoms with van der Waals surface area (Å²) in [6.07, 6.45) is 1.63. The molecule has 1 amide bonds. The van der Waals surface area contributed by atoms with Crippen LogP contribution in [-0.4, -0.2) is 10.2 Å². The van der Waals surface area contributed by atoms with Gasteiger partial charge >= 0.3 is 0 Å². The minimum Gasteiger partial charge on any atom is -0.268 e. The first-order valence-corrected chi connectivity index (χ1v) is 8.04. The van der Waals surface area contributed by atoms with Gasteiger partial charge in [0.2, 0.25) is 0 Å². The molecule has 0 spiro atoms. The van der Waals surface area contributed by atoms with Crippen molar-refractivity contribution in [1.29, 1.82) is 0 Å². The summed E-state index contributed by atoms with van der Waals surface area (Å²) in [6, 6.07) is 9.72. The first-order chi connectivity index (χ1) is 11.0. The summed E-state index contributed by atoms with van der Waals surface area (Å²) in [6.45, 7) is 0. The van der Waals surface area contributed by atoms with Gasteiger partial charge in [-0.15, -0.1) is 0 Å². The second-order valence-corrected chi connectivity index (χ2v) is 6.75.